The number of rotatable bonds is 4. The van der Waals surface area contributed by atoms with E-state index < -0.39 is 0 Å². The number of aliphatic hydroxyl groups is 1. The van der Waals surface area contributed by atoms with E-state index in [9.17, 15) is 14.7 Å². The van der Waals surface area contributed by atoms with Gasteiger partial charge in [-0.1, -0.05) is 27.2 Å². The van der Waals surface area contributed by atoms with Crippen LogP contribution in [-0.2, 0) is 14.3 Å². The summed E-state index contributed by atoms with van der Waals surface area (Å²) in [6, 6.07) is 0.128. The van der Waals surface area contributed by atoms with Crippen LogP contribution >= 0.6 is 0 Å². The van der Waals surface area contributed by atoms with Crippen molar-refractivity contribution < 1.29 is 19.4 Å². The van der Waals surface area contributed by atoms with Gasteiger partial charge in [-0.05, 0) is 80.5 Å². The van der Waals surface area contributed by atoms with E-state index in [1.165, 1.54) is 0 Å². The van der Waals surface area contributed by atoms with Crippen molar-refractivity contribution in [1.29, 1.82) is 0 Å². The van der Waals surface area contributed by atoms with Crippen LogP contribution in [0.15, 0.2) is 0 Å². The lowest BCUT2D eigenvalue weighted by molar-refractivity contribution is -0.173. The van der Waals surface area contributed by atoms with E-state index in [2.05, 4.69) is 25.7 Å². The summed E-state index contributed by atoms with van der Waals surface area (Å²) in [4.78, 5) is 28.8. The van der Waals surface area contributed by atoms with Gasteiger partial charge in [0.15, 0.2) is 0 Å². The molecule has 0 aromatic carbocycles. The van der Waals surface area contributed by atoms with Crippen molar-refractivity contribution in [1.82, 2.24) is 4.90 Å². The molecule has 5 nitrogen and oxygen atoms in total. The Morgan fingerprint density at radius 1 is 1.18 bits per heavy atom. The highest BCUT2D eigenvalue weighted by Gasteiger charge is 2.64. The Morgan fingerprint density at radius 3 is 2.70 bits per heavy atom. The molecule has 1 saturated heterocycles. The molecular formula is C28H45NO4. The number of ether oxygens (including phenoxy) is 1. The van der Waals surface area contributed by atoms with Gasteiger partial charge >= 0.3 is 0 Å². The molecule has 0 aromatic heterocycles. The molecule has 0 bridgehead atoms. The number of carbonyl (C=O) groups excluding carboxylic acids is 2. The van der Waals surface area contributed by atoms with E-state index >= 15 is 0 Å². The molecule has 5 heteroatoms. The predicted molar refractivity (Wildman–Crippen MR) is 128 cm³/mol. The van der Waals surface area contributed by atoms with Crippen molar-refractivity contribution in [3.05, 3.63) is 0 Å². The third-order valence-electron chi connectivity index (χ3n) is 11.1. The second-order valence-corrected chi connectivity index (χ2v) is 12.8. The number of morpholine rings is 1. The lowest BCUT2D eigenvalue weighted by atomic mass is 9.43. The summed E-state index contributed by atoms with van der Waals surface area (Å²) in [5.41, 5.74) is -0.184. The molecule has 0 aromatic rings. The summed E-state index contributed by atoms with van der Waals surface area (Å²) in [6.07, 6.45) is 8.74. The van der Waals surface area contributed by atoms with E-state index in [1.807, 2.05) is 0 Å². The zero-order valence-electron chi connectivity index (χ0n) is 21.2. The minimum atomic E-state index is -0.308. The second kappa shape index (κ2) is 8.71. The quantitative estimate of drug-likeness (QED) is 0.681. The SMILES string of the molecule is CCC[C@H]1CN([C@H]2C[C@@]3(C)[C@@H](CC[C@H]4[C@@H]5CC[C@H](C(C)=O)[C@@]5(C)CC(=O)[C@@H]43)C[C@@H]2O)CCO1. The first-order chi connectivity index (χ1) is 15.7. The van der Waals surface area contributed by atoms with Gasteiger partial charge in [0.05, 0.1) is 18.8 Å². The van der Waals surface area contributed by atoms with E-state index in [4.69, 9.17) is 4.74 Å². The van der Waals surface area contributed by atoms with Crippen LogP contribution < -0.4 is 0 Å². The van der Waals surface area contributed by atoms with Crippen LogP contribution in [0.2, 0.25) is 0 Å². The average Bonchev–Trinajstić information content (AvgIpc) is 3.10. The molecular weight excluding hydrogens is 414 g/mol. The highest BCUT2D eigenvalue weighted by Crippen LogP contribution is 2.66. The zero-order valence-corrected chi connectivity index (χ0v) is 21.2. The van der Waals surface area contributed by atoms with E-state index in [0.29, 0.717) is 30.0 Å². The van der Waals surface area contributed by atoms with Crippen LogP contribution in [0.1, 0.15) is 85.5 Å². The van der Waals surface area contributed by atoms with Gasteiger partial charge in [0.1, 0.15) is 11.6 Å². The van der Waals surface area contributed by atoms with Gasteiger partial charge in [-0.25, -0.2) is 0 Å². The summed E-state index contributed by atoms with van der Waals surface area (Å²) >= 11 is 0. The van der Waals surface area contributed by atoms with Gasteiger partial charge in [-0.2, -0.15) is 0 Å². The smallest absolute Gasteiger partial charge is 0.137 e. The van der Waals surface area contributed by atoms with E-state index in [-0.39, 0.29) is 46.7 Å². The van der Waals surface area contributed by atoms with Gasteiger partial charge in [0.2, 0.25) is 0 Å². The highest BCUT2D eigenvalue weighted by atomic mass is 16.5. The summed E-state index contributed by atoms with van der Waals surface area (Å²) in [7, 11) is 0. The predicted octanol–water partition coefficient (Wildman–Crippen LogP) is 4.25. The standard InChI is InChI=1S/C28H45NO4/c1-5-6-19-16-29(11-12-33-19)23-14-27(3)18(13-24(23)31)7-8-20-22-10-9-21(17(2)30)28(22,4)15-25(32)26(20)27/h18-24,26,31H,5-16H2,1-4H3/t18-,19-,20-,21+,22-,23-,24-,26+,27-,28+/m0/s1. The van der Waals surface area contributed by atoms with E-state index in [0.717, 1.165) is 71.1 Å². The summed E-state index contributed by atoms with van der Waals surface area (Å²) < 4.78 is 5.99. The first kappa shape index (κ1) is 23.9. The summed E-state index contributed by atoms with van der Waals surface area (Å²) in [5, 5.41) is 11.2. The number of ketones is 2. The maximum Gasteiger partial charge on any atom is 0.137 e. The molecule has 5 fully saturated rings. The maximum absolute atomic E-state index is 13.9. The van der Waals surface area contributed by atoms with Crippen LogP contribution in [0.4, 0.5) is 0 Å². The van der Waals surface area contributed by atoms with Crippen molar-refractivity contribution in [3.63, 3.8) is 0 Å². The Hall–Kier alpha value is -0.780. The largest absolute Gasteiger partial charge is 0.391 e. The molecule has 4 saturated carbocycles. The molecule has 1 aliphatic heterocycles. The third-order valence-corrected chi connectivity index (χ3v) is 11.1. The highest BCUT2D eigenvalue weighted by molar-refractivity contribution is 5.87. The molecule has 10 atom stereocenters. The molecule has 5 aliphatic rings. The Kier molecular flexibility index (Phi) is 6.32. The van der Waals surface area contributed by atoms with Crippen molar-refractivity contribution in [2.24, 2.45) is 40.4 Å². The summed E-state index contributed by atoms with van der Waals surface area (Å²) in [6.45, 7) is 11.1. The maximum atomic E-state index is 13.9. The summed E-state index contributed by atoms with van der Waals surface area (Å²) in [5.74, 6) is 2.19. The molecule has 0 amide bonds. The third kappa shape index (κ3) is 3.76. The lowest BCUT2D eigenvalue weighted by Crippen LogP contribution is -2.63. The Balaban J connectivity index is 1.40. The molecule has 0 spiro atoms. The van der Waals surface area contributed by atoms with Crippen molar-refractivity contribution >= 4 is 11.6 Å². The minimum absolute atomic E-state index is 0.0436. The van der Waals surface area contributed by atoms with Crippen LogP contribution in [0.25, 0.3) is 0 Å². The van der Waals surface area contributed by atoms with Gasteiger partial charge in [0.25, 0.3) is 0 Å². The van der Waals surface area contributed by atoms with Crippen LogP contribution in [0.5, 0.6) is 0 Å². The number of Topliss-reactive ketones (excluding diaryl/α,β-unsaturated/α-hetero) is 2. The number of hydrogen-bond donors (Lipinski definition) is 1. The molecule has 0 radical (unpaired) electrons. The van der Waals surface area contributed by atoms with Crippen LogP contribution in [0, 0.1) is 40.4 Å². The van der Waals surface area contributed by atoms with Crippen LogP contribution in [-0.4, -0.2) is 59.5 Å². The number of fused-ring (bicyclic) bond motifs is 5. The van der Waals surface area contributed by atoms with Crippen LogP contribution in [0.3, 0.4) is 0 Å². The Morgan fingerprint density at radius 2 is 1.97 bits per heavy atom. The number of nitrogens with zero attached hydrogens (tertiary/aromatic N) is 1. The van der Waals surface area contributed by atoms with Crippen molar-refractivity contribution in [2.45, 2.75) is 104 Å². The molecule has 5 rings (SSSR count). The molecule has 33 heavy (non-hydrogen) atoms. The van der Waals surface area contributed by atoms with Gasteiger partial charge in [-0.15, -0.1) is 0 Å². The van der Waals surface area contributed by atoms with E-state index in [1.54, 1.807) is 6.92 Å². The average molecular weight is 460 g/mol. The fraction of sp³-hybridized carbons (Fsp3) is 0.929. The zero-order chi connectivity index (χ0) is 23.5. The Labute approximate surface area is 200 Å². The van der Waals surface area contributed by atoms with Gasteiger partial charge < -0.3 is 9.84 Å². The van der Waals surface area contributed by atoms with Gasteiger partial charge in [0, 0.05) is 37.4 Å². The van der Waals surface area contributed by atoms with Crippen molar-refractivity contribution in [3.8, 4) is 0 Å². The molecule has 0 unspecified atom stereocenters. The molecule has 186 valence electrons. The fourth-order valence-electron chi connectivity index (χ4n) is 9.68. The molecule has 1 N–H and O–H groups in total. The molecule has 1 heterocycles. The van der Waals surface area contributed by atoms with Crippen molar-refractivity contribution in [2.75, 3.05) is 19.7 Å². The fourth-order valence-corrected chi connectivity index (χ4v) is 9.68. The number of hydrogen-bond acceptors (Lipinski definition) is 5. The minimum Gasteiger partial charge on any atom is -0.391 e. The lowest BCUT2D eigenvalue weighted by Gasteiger charge is -2.61. The first-order valence-electron chi connectivity index (χ1n) is 13.8. The Bertz CT molecular complexity index is 782. The molecule has 4 aliphatic carbocycles. The second-order valence-electron chi connectivity index (χ2n) is 12.8. The monoisotopic (exact) mass is 459 g/mol. The topological polar surface area (TPSA) is 66.8 Å². The number of carbonyl (C=O) groups is 2. The first-order valence-corrected chi connectivity index (χ1v) is 13.8. The normalized spacial score (nSPS) is 50.4. The van der Waals surface area contributed by atoms with Gasteiger partial charge in [-0.3, -0.25) is 14.5 Å². The number of aliphatic hydroxyl groups excluding tert-OH is 1.